The van der Waals surface area contributed by atoms with Gasteiger partial charge in [-0.1, -0.05) is 0 Å². The van der Waals surface area contributed by atoms with E-state index in [0.29, 0.717) is 24.4 Å². The summed E-state index contributed by atoms with van der Waals surface area (Å²) >= 11 is 4.73. The topological polar surface area (TPSA) is 73.0 Å². The number of benzene rings is 1. The number of anilines is 2. The molecule has 164 valence electrons. The van der Waals surface area contributed by atoms with Crippen LogP contribution in [0.15, 0.2) is 34.1 Å². The molecule has 31 heavy (non-hydrogen) atoms. The number of carbonyl (C=O) groups is 3. The molecule has 4 rings (SSSR count). The Labute approximate surface area is 194 Å². The number of nitrogens with one attached hydrogen (secondary N) is 1. The van der Waals surface area contributed by atoms with Gasteiger partial charge in [0.25, 0.3) is 5.91 Å². The maximum Gasteiger partial charge on any atom is 0.261 e. The van der Waals surface area contributed by atoms with Crippen molar-refractivity contribution in [1.82, 2.24) is 10.2 Å². The van der Waals surface area contributed by atoms with Gasteiger partial charge in [-0.15, -0.1) is 11.3 Å². The summed E-state index contributed by atoms with van der Waals surface area (Å²) in [6, 6.07) is 9.14. The van der Waals surface area contributed by atoms with E-state index in [1.165, 1.54) is 11.3 Å². The summed E-state index contributed by atoms with van der Waals surface area (Å²) in [4.78, 5) is 44.0. The van der Waals surface area contributed by atoms with Crippen LogP contribution in [0.5, 0.6) is 0 Å². The molecule has 1 N–H and O–H groups in total. The van der Waals surface area contributed by atoms with Crippen LogP contribution in [-0.4, -0.2) is 61.9 Å². The van der Waals surface area contributed by atoms with Crippen LogP contribution in [0.1, 0.15) is 28.1 Å². The predicted octanol–water partition coefficient (Wildman–Crippen LogP) is 3.02. The van der Waals surface area contributed by atoms with E-state index in [1.54, 1.807) is 11.0 Å². The summed E-state index contributed by atoms with van der Waals surface area (Å²) in [5, 5.41) is 2.96. The average Bonchev–Trinajstić information content (AvgIpc) is 3.28. The van der Waals surface area contributed by atoms with Crippen LogP contribution in [-0.2, 0) is 9.59 Å². The maximum absolute atomic E-state index is 12.6. The van der Waals surface area contributed by atoms with E-state index in [1.807, 2.05) is 43.1 Å². The van der Waals surface area contributed by atoms with Crippen molar-refractivity contribution < 1.29 is 14.4 Å². The first-order valence-corrected chi connectivity index (χ1v) is 11.9. The van der Waals surface area contributed by atoms with E-state index >= 15 is 0 Å². The second-order valence-corrected chi connectivity index (χ2v) is 10.5. The maximum atomic E-state index is 12.6. The molecule has 0 spiro atoms. The molecule has 7 nitrogen and oxygen atoms in total. The smallest absolute Gasteiger partial charge is 0.261 e. The van der Waals surface area contributed by atoms with Gasteiger partial charge >= 0.3 is 0 Å². The number of hydrogen-bond acceptors (Lipinski definition) is 5. The van der Waals surface area contributed by atoms with Crippen LogP contribution in [0.4, 0.5) is 11.4 Å². The van der Waals surface area contributed by atoms with Gasteiger partial charge in [-0.2, -0.15) is 0 Å². The zero-order chi connectivity index (χ0) is 22.1. The van der Waals surface area contributed by atoms with Crippen molar-refractivity contribution in [2.24, 2.45) is 0 Å². The van der Waals surface area contributed by atoms with Gasteiger partial charge < -0.3 is 20.0 Å². The van der Waals surface area contributed by atoms with Crippen LogP contribution in [0.2, 0.25) is 0 Å². The number of hydrogen-bond donors (Lipinski definition) is 1. The highest BCUT2D eigenvalue weighted by atomic mass is 79.9. The van der Waals surface area contributed by atoms with Gasteiger partial charge in [0.05, 0.1) is 14.7 Å². The van der Waals surface area contributed by atoms with Gasteiger partial charge in [0.2, 0.25) is 11.8 Å². The molecule has 3 heterocycles. The molecule has 1 aromatic carbocycles. The van der Waals surface area contributed by atoms with E-state index in [9.17, 15) is 14.4 Å². The van der Waals surface area contributed by atoms with Crippen molar-refractivity contribution in [2.45, 2.75) is 25.8 Å². The first-order chi connectivity index (χ1) is 14.8. The van der Waals surface area contributed by atoms with E-state index in [0.717, 1.165) is 33.8 Å². The minimum Gasteiger partial charge on any atom is -0.346 e. The molecular formula is C22H25BrN4O3S. The number of amides is 3. The zero-order valence-corrected chi connectivity index (χ0v) is 20.0. The molecule has 0 bridgehead atoms. The zero-order valence-electron chi connectivity index (χ0n) is 17.6. The average molecular weight is 505 g/mol. The number of likely N-dealkylation sites (N-methyl/N-ethyl adjacent to an activating group) is 1. The van der Waals surface area contributed by atoms with Gasteiger partial charge in [0, 0.05) is 50.4 Å². The summed E-state index contributed by atoms with van der Waals surface area (Å²) in [5.41, 5.74) is 2.64. The number of aryl methyl sites for hydroxylation is 1. The number of rotatable bonds is 4. The Morgan fingerprint density at radius 2 is 1.90 bits per heavy atom. The van der Waals surface area contributed by atoms with Crippen molar-refractivity contribution in [3.8, 4) is 0 Å². The minimum absolute atomic E-state index is 0.0164. The third kappa shape index (κ3) is 4.83. The van der Waals surface area contributed by atoms with E-state index < -0.39 is 0 Å². The molecule has 2 aliphatic rings. The standard InChI is InChI=1S/C22H25BrN4O3S/c1-14-11-16(3-4-17(14)26-10-9-25(2)8-7-20(26)28)27-13-15(12-21(27)29)24-22(30)18-5-6-19(23)31-18/h3-6,11,15H,7-10,12-13H2,1-2H3,(H,24,30). The summed E-state index contributed by atoms with van der Waals surface area (Å²) in [6.07, 6.45) is 0.778. The third-order valence-corrected chi connectivity index (χ3v) is 7.38. The lowest BCUT2D eigenvalue weighted by molar-refractivity contribution is -0.118. The van der Waals surface area contributed by atoms with Crippen molar-refractivity contribution in [3.63, 3.8) is 0 Å². The van der Waals surface area contributed by atoms with Crippen molar-refractivity contribution in [3.05, 3.63) is 44.6 Å². The molecule has 0 radical (unpaired) electrons. The Hall–Kier alpha value is -2.23. The van der Waals surface area contributed by atoms with Gasteiger partial charge in [-0.3, -0.25) is 14.4 Å². The Morgan fingerprint density at radius 3 is 2.61 bits per heavy atom. The number of halogens is 1. The Morgan fingerprint density at radius 1 is 1.10 bits per heavy atom. The monoisotopic (exact) mass is 504 g/mol. The Bertz CT molecular complexity index is 1020. The van der Waals surface area contributed by atoms with E-state index in [4.69, 9.17) is 0 Å². The fourth-order valence-corrected chi connectivity index (χ4v) is 5.33. The first kappa shape index (κ1) is 22.0. The van der Waals surface area contributed by atoms with Crippen LogP contribution >= 0.6 is 27.3 Å². The van der Waals surface area contributed by atoms with Gasteiger partial charge in [0.15, 0.2) is 0 Å². The lowest BCUT2D eigenvalue weighted by atomic mass is 10.1. The summed E-state index contributed by atoms with van der Waals surface area (Å²) < 4.78 is 0.895. The fourth-order valence-electron chi connectivity index (χ4n) is 4.04. The lowest BCUT2D eigenvalue weighted by Gasteiger charge is -2.25. The minimum atomic E-state index is -0.233. The Balaban J connectivity index is 1.46. The van der Waals surface area contributed by atoms with Crippen molar-refractivity contribution >= 4 is 56.4 Å². The predicted molar refractivity (Wildman–Crippen MR) is 126 cm³/mol. The molecule has 1 atom stereocenters. The van der Waals surface area contributed by atoms with E-state index in [2.05, 4.69) is 26.1 Å². The van der Waals surface area contributed by atoms with Gasteiger partial charge in [-0.25, -0.2) is 0 Å². The second kappa shape index (κ2) is 9.10. The highest BCUT2D eigenvalue weighted by Crippen LogP contribution is 2.30. The molecule has 2 saturated heterocycles. The molecule has 9 heteroatoms. The summed E-state index contributed by atoms with van der Waals surface area (Å²) in [5.74, 6) is -0.0516. The molecular weight excluding hydrogens is 480 g/mol. The highest BCUT2D eigenvalue weighted by molar-refractivity contribution is 9.11. The summed E-state index contributed by atoms with van der Waals surface area (Å²) in [7, 11) is 2.03. The first-order valence-electron chi connectivity index (χ1n) is 10.3. The molecule has 2 aliphatic heterocycles. The molecule has 0 saturated carbocycles. The molecule has 3 amide bonds. The normalized spacial score (nSPS) is 20.3. The molecule has 1 unspecified atom stereocenters. The van der Waals surface area contributed by atoms with Gasteiger partial charge in [0.1, 0.15) is 0 Å². The third-order valence-electron chi connectivity index (χ3n) is 5.75. The SMILES string of the molecule is Cc1cc(N2CC(NC(=O)c3ccc(Br)s3)CC2=O)ccc1N1CCN(C)CCC1=O. The quantitative estimate of drug-likeness (QED) is 0.694. The van der Waals surface area contributed by atoms with E-state index in [-0.39, 0.29) is 30.2 Å². The van der Waals surface area contributed by atoms with Crippen LogP contribution in [0.3, 0.4) is 0 Å². The number of nitrogens with zero attached hydrogens (tertiary/aromatic N) is 3. The fraction of sp³-hybridized carbons (Fsp3) is 0.409. The molecule has 2 aromatic rings. The Kier molecular flexibility index (Phi) is 6.45. The molecule has 2 fully saturated rings. The summed E-state index contributed by atoms with van der Waals surface area (Å²) in [6.45, 7) is 4.66. The number of thiophene rings is 1. The van der Waals surface area contributed by atoms with Crippen molar-refractivity contribution in [1.29, 1.82) is 0 Å². The lowest BCUT2D eigenvalue weighted by Crippen LogP contribution is -2.37. The molecule has 1 aromatic heterocycles. The number of carbonyl (C=O) groups excluding carboxylic acids is 3. The van der Waals surface area contributed by atoms with Crippen LogP contribution < -0.4 is 15.1 Å². The van der Waals surface area contributed by atoms with Crippen LogP contribution in [0, 0.1) is 6.92 Å². The molecule has 0 aliphatic carbocycles. The largest absolute Gasteiger partial charge is 0.346 e. The van der Waals surface area contributed by atoms with Crippen molar-refractivity contribution in [2.75, 3.05) is 43.0 Å². The van der Waals surface area contributed by atoms with Gasteiger partial charge in [-0.05, 0) is 65.8 Å². The highest BCUT2D eigenvalue weighted by Gasteiger charge is 2.32. The van der Waals surface area contributed by atoms with Crippen LogP contribution in [0.25, 0.3) is 0 Å². The second-order valence-electron chi connectivity index (χ2n) is 8.05.